The van der Waals surface area contributed by atoms with Crippen molar-refractivity contribution in [2.75, 3.05) is 24.6 Å². The molecular weight excluding hydrogens is 388 g/mol. The van der Waals surface area contributed by atoms with Gasteiger partial charge < -0.3 is 10.1 Å². The molecule has 0 saturated carbocycles. The first-order valence-corrected chi connectivity index (χ1v) is 10.3. The van der Waals surface area contributed by atoms with E-state index in [1.54, 1.807) is 38.1 Å². The van der Waals surface area contributed by atoms with E-state index in [0.717, 1.165) is 0 Å². The minimum Gasteiger partial charge on any atom is -0.383 e. The first-order valence-electron chi connectivity index (χ1n) is 8.48. The zero-order valence-electron chi connectivity index (χ0n) is 15.5. The maximum absolute atomic E-state index is 13.1. The molecule has 0 unspecified atom stereocenters. The van der Waals surface area contributed by atoms with Gasteiger partial charge in [0.15, 0.2) is 0 Å². The molecule has 0 aliphatic rings. The topological polar surface area (TPSA) is 75.7 Å². The number of halogens is 1. The van der Waals surface area contributed by atoms with Gasteiger partial charge in [-0.15, -0.1) is 0 Å². The maximum Gasteiger partial charge on any atom is 0.264 e. The number of sulfonamides is 1. The number of para-hydroxylation sites is 1. The molecule has 1 N–H and O–H groups in total. The van der Waals surface area contributed by atoms with Gasteiger partial charge in [-0.2, -0.15) is 0 Å². The molecule has 146 valence electrons. The molecule has 0 spiro atoms. The number of ether oxygens (including phenoxy) is 1. The lowest BCUT2D eigenvalue weighted by molar-refractivity contribution is 0.0905. The Morgan fingerprint density at radius 1 is 1.22 bits per heavy atom. The highest BCUT2D eigenvalue weighted by atomic mass is 35.5. The normalized spacial score (nSPS) is 12.4. The lowest BCUT2D eigenvalue weighted by atomic mass is 10.2. The van der Waals surface area contributed by atoms with Crippen molar-refractivity contribution in [1.82, 2.24) is 5.32 Å². The van der Waals surface area contributed by atoms with Crippen LogP contribution in [0.4, 0.5) is 5.69 Å². The van der Waals surface area contributed by atoms with E-state index in [2.05, 4.69) is 5.32 Å². The summed E-state index contributed by atoms with van der Waals surface area (Å²) in [6.07, 6.45) is 0. The van der Waals surface area contributed by atoms with E-state index in [1.807, 2.05) is 6.07 Å². The number of methoxy groups -OCH3 is 1. The van der Waals surface area contributed by atoms with Crippen LogP contribution in [0, 0.1) is 0 Å². The fourth-order valence-electron chi connectivity index (χ4n) is 2.64. The number of hydrogen-bond donors (Lipinski definition) is 1. The number of nitrogens with one attached hydrogen (secondary N) is 1. The number of carbonyl (C=O) groups excluding carboxylic acids is 1. The third-order valence-electron chi connectivity index (χ3n) is 3.90. The van der Waals surface area contributed by atoms with Gasteiger partial charge in [-0.3, -0.25) is 9.10 Å². The zero-order chi connectivity index (χ0) is 20.0. The number of amides is 1. The summed E-state index contributed by atoms with van der Waals surface area (Å²) in [7, 11) is -2.31. The monoisotopic (exact) mass is 410 g/mol. The average Bonchev–Trinajstić information content (AvgIpc) is 2.63. The van der Waals surface area contributed by atoms with Crippen molar-refractivity contribution in [3.8, 4) is 0 Å². The molecule has 0 heterocycles. The molecule has 1 atom stereocenters. The van der Waals surface area contributed by atoms with Crippen LogP contribution in [0.5, 0.6) is 0 Å². The SMILES string of the molecule is CCN(c1ccccc1)S(=O)(=O)c1ccc(Cl)c(C(=O)N[C@H](C)COC)c1. The lowest BCUT2D eigenvalue weighted by Crippen LogP contribution is -2.36. The maximum atomic E-state index is 13.1. The quantitative estimate of drug-likeness (QED) is 0.724. The van der Waals surface area contributed by atoms with Gasteiger partial charge in [0, 0.05) is 19.7 Å². The van der Waals surface area contributed by atoms with Crippen LogP contribution >= 0.6 is 11.6 Å². The smallest absolute Gasteiger partial charge is 0.264 e. The van der Waals surface area contributed by atoms with E-state index in [4.69, 9.17) is 16.3 Å². The predicted octanol–water partition coefficient (Wildman–Crippen LogP) is 3.32. The van der Waals surface area contributed by atoms with Crippen LogP contribution < -0.4 is 9.62 Å². The molecule has 6 nitrogen and oxygen atoms in total. The summed E-state index contributed by atoms with van der Waals surface area (Å²) >= 11 is 6.13. The van der Waals surface area contributed by atoms with Crippen LogP contribution in [-0.4, -0.2) is 40.6 Å². The van der Waals surface area contributed by atoms with Gasteiger partial charge in [0.25, 0.3) is 15.9 Å². The molecule has 0 saturated heterocycles. The minimum atomic E-state index is -3.85. The van der Waals surface area contributed by atoms with E-state index in [-0.39, 0.29) is 28.1 Å². The second kappa shape index (κ2) is 9.21. The Morgan fingerprint density at radius 2 is 1.89 bits per heavy atom. The summed E-state index contributed by atoms with van der Waals surface area (Å²) < 4.78 is 32.5. The Morgan fingerprint density at radius 3 is 2.48 bits per heavy atom. The highest BCUT2D eigenvalue weighted by Gasteiger charge is 2.25. The van der Waals surface area contributed by atoms with Crippen molar-refractivity contribution in [2.24, 2.45) is 0 Å². The summed E-state index contributed by atoms with van der Waals surface area (Å²) in [6, 6.07) is 12.7. The van der Waals surface area contributed by atoms with Crippen LogP contribution in [0.25, 0.3) is 0 Å². The van der Waals surface area contributed by atoms with Gasteiger partial charge >= 0.3 is 0 Å². The molecule has 0 fully saturated rings. The molecule has 2 aromatic rings. The number of anilines is 1. The third kappa shape index (κ3) is 5.00. The van der Waals surface area contributed by atoms with Crippen molar-refractivity contribution in [1.29, 1.82) is 0 Å². The standard InChI is InChI=1S/C19H23ClN2O4S/c1-4-22(15-8-6-5-7-9-15)27(24,25)16-10-11-18(20)17(12-16)19(23)21-14(2)13-26-3/h5-12,14H,4,13H2,1-3H3,(H,21,23)/t14-/m1/s1. The number of hydrogen-bond acceptors (Lipinski definition) is 4. The molecule has 0 aliphatic heterocycles. The Labute approximate surface area is 165 Å². The summed E-state index contributed by atoms with van der Waals surface area (Å²) in [5, 5.41) is 2.91. The van der Waals surface area contributed by atoms with Crippen LogP contribution in [-0.2, 0) is 14.8 Å². The van der Waals surface area contributed by atoms with Gasteiger partial charge in [0.05, 0.1) is 27.8 Å². The van der Waals surface area contributed by atoms with Gasteiger partial charge in [-0.1, -0.05) is 29.8 Å². The highest BCUT2D eigenvalue weighted by molar-refractivity contribution is 7.92. The Hall–Kier alpha value is -2.09. The lowest BCUT2D eigenvalue weighted by Gasteiger charge is -2.23. The summed E-state index contributed by atoms with van der Waals surface area (Å²) in [4.78, 5) is 12.5. The molecule has 2 rings (SSSR count). The van der Waals surface area contributed by atoms with Gasteiger partial charge in [-0.25, -0.2) is 8.42 Å². The molecule has 27 heavy (non-hydrogen) atoms. The van der Waals surface area contributed by atoms with Crippen molar-refractivity contribution < 1.29 is 17.9 Å². The van der Waals surface area contributed by atoms with Crippen LogP contribution in [0.1, 0.15) is 24.2 Å². The molecule has 0 aromatic heterocycles. The van der Waals surface area contributed by atoms with Gasteiger partial charge in [0.2, 0.25) is 0 Å². The number of benzene rings is 2. The Balaban J connectivity index is 2.39. The first kappa shape index (κ1) is 21.2. The highest BCUT2D eigenvalue weighted by Crippen LogP contribution is 2.26. The van der Waals surface area contributed by atoms with E-state index in [9.17, 15) is 13.2 Å². The molecule has 8 heteroatoms. The predicted molar refractivity (Wildman–Crippen MR) is 107 cm³/mol. The fraction of sp³-hybridized carbons (Fsp3) is 0.316. The molecule has 0 bridgehead atoms. The number of rotatable bonds is 8. The van der Waals surface area contributed by atoms with Crippen LogP contribution in [0.3, 0.4) is 0 Å². The zero-order valence-corrected chi connectivity index (χ0v) is 17.0. The molecular formula is C19H23ClN2O4S. The summed E-state index contributed by atoms with van der Waals surface area (Å²) in [6.45, 7) is 4.12. The van der Waals surface area contributed by atoms with Gasteiger partial charge in [-0.05, 0) is 44.2 Å². The summed E-state index contributed by atoms with van der Waals surface area (Å²) in [5.74, 6) is -0.454. The van der Waals surface area contributed by atoms with E-state index in [0.29, 0.717) is 12.3 Å². The molecule has 1 amide bonds. The van der Waals surface area contributed by atoms with Crippen molar-refractivity contribution >= 4 is 33.2 Å². The molecule has 0 aliphatic carbocycles. The largest absolute Gasteiger partial charge is 0.383 e. The molecule has 2 aromatic carbocycles. The van der Waals surface area contributed by atoms with Gasteiger partial charge in [0.1, 0.15) is 0 Å². The minimum absolute atomic E-state index is 0.00199. The van der Waals surface area contributed by atoms with Crippen molar-refractivity contribution in [2.45, 2.75) is 24.8 Å². The number of carbonyl (C=O) groups is 1. The Bertz CT molecular complexity index is 888. The van der Waals surface area contributed by atoms with Crippen LogP contribution in [0.15, 0.2) is 53.4 Å². The van der Waals surface area contributed by atoms with E-state index < -0.39 is 15.9 Å². The fourth-order valence-corrected chi connectivity index (χ4v) is 4.35. The van der Waals surface area contributed by atoms with Crippen LogP contribution in [0.2, 0.25) is 5.02 Å². The van der Waals surface area contributed by atoms with E-state index in [1.165, 1.54) is 29.6 Å². The van der Waals surface area contributed by atoms with Crippen molar-refractivity contribution in [3.63, 3.8) is 0 Å². The van der Waals surface area contributed by atoms with Crippen molar-refractivity contribution in [3.05, 3.63) is 59.1 Å². The second-order valence-corrected chi connectivity index (χ2v) is 8.25. The molecule has 0 radical (unpaired) electrons. The van der Waals surface area contributed by atoms with E-state index >= 15 is 0 Å². The average molecular weight is 411 g/mol. The summed E-state index contributed by atoms with van der Waals surface area (Å²) in [5.41, 5.74) is 0.652. The third-order valence-corrected chi connectivity index (χ3v) is 6.12. The number of nitrogens with zero attached hydrogens (tertiary/aromatic N) is 1. The first-order chi connectivity index (χ1) is 12.8. The Kier molecular flexibility index (Phi) is 7.24. The second-order valence-electron chi connectivity index (χ2n) is 5.98.